The van der Waals surface area contributed by atoms with Crippen molar-refractivity contribution in [2.24, 2.45) is 0 Å². The molecule has 0 spiro atoms. The zero-order valence-electron chi connectivity index (χ0n) is 8.56. The van der Waals surface area contributed by atoms with Gasteiger partial charge in [0.15, 0.2) is 0 Å². The molecule has 0 saturated heterocycles. The predicted molar refractivity (Wildman–Crippen MR) is 14.9 cm³/mol. The summed E-state index contributed by atoms with van der Waals surface area (Å²) in [6.45, 7) is 2.29. The Labute approximate surface area is 366 Å². The van der Waals surface area contributed by atoms with Gasteiger partial charge in [0.25, 0.3) is 0 Å². The Hall–Kier alpha value is 12.1. The molecule has 12 heteroatoms. The van der Waals surface area contributed by atoms with E-state index in [1.165, 1.54) is 0 Å². The number of nitrogens with one attached hydrogen (secondary N) is 1. The van der Waals surface area contributed by atoms with Crippen LogP contribution in [0.4, 0.5) is 0 Å². The molecule has 0 atom stereocenters. The third-order valence-electron chi connectivity index (χ3n) is 0. The number of rotatable bonds is 0. The molecule has 1 N–H and O–H groups in total. The zero-order valence-corrected chi connectivity index (χ0v) is 39.8. The van der Waals surface area contributed by atoms with Crippen molar-refractivity contribution in [1.29, 1.82) is 0 Å². The molecule has 0 aromatic heterocycles. The van der Waals surface area contributed by atoms with Gasteiger partial charge in [0, 0.05) is 360 Å². The van der Waals surface area contributed by atoms with Gasteiger partial charge < -0.3 is 5.73 Å². The van der Waals surface area contributed by atoms with Crippen LogP contribution >= 0.6 is 0 Å². The quantitative estimate of drug-likeness (QED) is 0.347. The molecule has 0 bridgehead atoms. The van der Waals surface area contributed by atoms with Crippen molar-refractivity contribution < 1.29 is 360 Å². The first kappa shape index (κ1) is 82.7. The van der Waals surface area contributed by atoms with Crippen LogP contribution in [-0.4, -0.2) is 6.54 Å². The van der Waals surface area contributed by atoms with Crippen LogP contribution in [0, 0.1) is 0 Å². The molecule has 0 saturated carbocycles. The molecule has 0 heterocycles. The van der Waals surface area contributed by atoms with Gasteiger partial charge in [0.05, 0.1) is 0 Å². The van der Waals surface area contributed by atoms with Gasteiger partial charge in [0.2, 0.25) is 0 Å². The Bertz CT molecular complexity index is 13.2. The maximum atomic E-state index is 6.21. The van der Waals surface area contributed by atoms with E-state index in [4.69, 9.17) is 5.73 Å². The van der Waals surface area contributed by atoms with Gasteiger partial charge in [-0.25, -0.2) is 0 Å². The summed E-state index contributed by atoms with van der Waals surface area (Å²) in [6, 6.07) is 0. The van der Waals surface area contributed by atoms with E-state index in [9.17, 15) is 0 Å². The summed E-state index contributed by atoms with van der Waals surface area (Å²) in [5.74, 6) is 0. The fourth-order valence-corrected chi connectivity index (χ4v) is 0. The van der Waals surface area contributed by atoms with E-state index >= 15 is 0 Å². The molecule has 14 heavy (non-hydrogen) atoms. The molecule has 11 radical (unpaired) electrons. The van der Waals surface area contributed by atoms with E-state index in [2.05, 4.69) is 0 Å². The van der Waals surface area contributed by atoms with E-state index in [0.717, 1.165) is 0 Å². The second kappa shape index (κ2) is 84.9. The van der Waals surface area contributed by atoms with Gasteiger partial charge in [-0.2, -0.15) is 6.54 Å². The van der Waals surface area contributed by atoms with Crippen molar-refractivity contribution in [3.8, 4) is 0 Å². The van der Waals surface area contributed by atoms with Gasteiger partial charge in [-0.15, -0.1) is 0 Å². The maximum Gasteiger partial charge on any atom is 0 e. The maximum absolute atomic E-state index is 6.21. The fourth-order valence-electron chi connectivity index (χ4n) is 0. The van der Waals surface area contributed by atoms with Crippen molar-refractivity contribution in [1.82, 2.24) is 0 Å². The summed E-state index contributed by atoms with van der Waals surface area (Å²) >= 11 is 0. The summed E-state index contributed by atoms with van der Waals surface area (Å²) in [5.41, 5.74) is 6.21. The molecular formula is C2H6NY11-. The van der Waals surface area contributed by atoms with Crippen LogP contribution in [0.3, 0.4) is 0 Å². The van der Waals surface area contributed by atoms with Gasteiger partial charge >= 0.3 is 0 Å². The Morgan fingerprint density at radius 2 is 0.500 bits per heavy atom. The normalized spacial score (nSPS) is 1.29. The Kier molecular flexibility index (Phi) is 502. The summed E-state index contributed by atoms with van der Waals surface area (Å²) in [7, 11) is 0. The van der Waals surface area contributed by atoms with E-state index in [1.807, 2.05) is 0 Å². The van der Waals surface area contributed by atoms with Gasteiger partial charge in [-0.1, -0.05) is 6.92 Å². The second-order valence-corrected chi connectivity index (χ2v) is 0.354. The third kappa shape index (κ3) is 87.8. The minimum Gasteiger partial charge on any atom is -0.678 e. The van der Waals surface area contributed by atoms with Crippen LogP contribution in [0.2, 0.25) is 0 Å². The first-order chi connectivity index (χ1) is 1.41. The molecular weight excluding hydrogens is 1020 g/mol. The zero-order chi connectivity index (χ0) is 2.71. The Balaban J connectivity index is -0.000000000364. The largest absolute Gasteiger partial charge is 0.678 e. The molecule has 0 aliphatic carbocycles. The van der Waals surface area contributed by atoms with Crippen molar-refractivity contribution in [2.75, 3.05) is 6.54 Å². The third-order valence-corrected chi connectivity index (χ3v) is 0. The smallest absolute Gasteiger partial charge is 0 e. The molecule has 0 unspecified atom stereocenters. The first-order valence-corrected chi connectivity index (χ1v) is 1.06. The standard InChI is InChI=1S/C2H6N.11Y/c1-2-3;;;;;;;;;;;/h3H,2H2,1H3;;;;;;;;;;;/q-1;;;;;;;;;;;. The monoisotopic (exact) mass is 1020 g/mol. The minimum atomic E-state index is 0. The van der Waals surface area contributed by atoms with Crippen molar-refractivity contribution in [2.45, 2.75) is 6.92 Å². The van der Waals surface area contributed by atoms with Crippen LogP contribution in [-0.2, 0) is 360 Å². The van der Waals surface area contributed by atoms with E-state index in [1.54, 1.807) is 6.92 Å². The van der Waals surface area contributed by atoms with Crippen LogP contribution in [0.25, 0.3) is 5.73 Å². The van der Waals surface area contributed by atoms with Gasteiger partial charge in [-0.3, -0.25) is 0 Å². The molecule has 0 aromatic rings. The number of hydrogen-bond acceptors (Lipinski definition) is 0. The molecule has 0 fully saturated rings. The molecule has 1 nitrogen and oxygen atoms in total. The summed E-state index contributed by atoms with van der Waals surface area (Å²) in [5, 5.41) is 0. The minimum absolute atomic E-state index is 0. The first-order valence-electron chi connectivity index (χ1n) is 1.06. The van der Waals surface area contributed by atoms with Crippen molar-refractivity contribution in [3.63, 3.8) is 0 Å². The summed E-state index contributed by atoms with van der Waals surface area (Å²) in [6.07, 6.45) is 0. The fraction of sp³-hybridized carbons (Fsp3) is 1.00. The van der Waals surface area contributed by atoms with Crippen LogP contribution < -0.4 is 0 Å². The average Bonchev–Trinajstić information content (AvgIpc) is 0.918. The van der Waals surface area contributed by atoms with E-state index in [-0.39, 0.29) is 360 Å². The van der Waals surface area contributed by atoms with E-state index in [0.29, 0.717) is 6.54 Å². The van der Waals surface area contributed by atoms with Crippen LogP contribution in [0.5, 0.6) is 0 Å². The van der Waals surface area contributed by atoms with Crippen molar-refractivity contribution in [3.05, 3.63) is 5.73 Å². The Morgan fingerprint density at radius 1 is 0.500 bits per heavy atom. The SMILES string of the molecule is CC[NH-].[Y].[Y].[Y].[Y].[Y].[Y].[Y].[Y].[Y].[Y].[Y]. The molecule has 0 aliphatic heterocycles. The molecule has 53 valence electrons. The Morgan fingerprint density at radius 3 is 0.500 bits per heavy atom. The van der Waals surface area contributed by atoms with Crippen LogP contribution in [0.15, 0.2) is 0 Å². The van der Waals surface area contributed by atoms with Gasteiger partial charge in [0.1, 0.15) is 0 Å². The summed E-state index contributed by atoms with van der Waals surface area (Å²) in [4.78, 5) is 0. The predicted octanol–water partition coefficient (Wildman–Crippen LogP) is 1.03. The van der Waals surface area contributed by atoms with E-state index < -0.39 is 0 Å². The second-order valence-electron chi connectivity index (χ2n) is 0.354. The molecule has 0 aromatic carbocycles. The van der Waals surface area contributed by atoms with Crippen molar-refractivity contribution >= 4 is 0 Å². The molecule has 0 aliphatic rings. The molecule has 0 rings (SSSR count). The number of hydrogen-bond donors (Lipinski definition) is 0. The summed E-state index contributed by atoms with van der Waals surface area (Å²) < 4.78 is 0. The van der Waals surface area contributed by atoms with Crippen LogP contribution in [0.1, 0.15) is 6.92 Å². The average molecular weight is 1020 g/mol. The molecule has 0 amide bonds. The topological polar surface area (TPSA) is 23.8 Å². The van der Waals surface area contributed by atoms with Gasteiger partial charge in [-0.05, 0) is 0 Å².